The molecule has 0 saturated carbocycles. The topological polar surface area (TPSA) is 26.3 Å². The molecular formula is C21H34O2. The van der Waals surface area contributed by atoms with Crippen LogP contribution in [0.5, 0.6) is 0 Å². The van der Waals surface area contributed by atoms with E-state index in [-0.39, 0.29) is 5.97 Å². The Kier molecular flexibility index (Phi) is 17.2. The fourth-order valence-corrected chi connectivity index (χ4v) is 2.05. The van der Waals surface area contributed by atoms with Gasteiger partial charge in [-0.25, -0.2) is 0 Å². The van der Waals surface area contributed by atoms with Crippen LogP contribution in [0.1, 0.15) is 71.1 Å². The Morgan fingerprint density at radius 1 is 0.739 bits per heavy atom. The molecule has 0 N–H and O–H groups in total. The third-order valence-corrected chi connectivity index (χ3v) is 3.42. The van der Waals surface area contributed by atoms with Crippen molar-refractivity contribution >= 4 is 5.97 Å². The van der Waals surface area contributed by atoms with Gasteiger partial charge < -0.3 is 4.74 Å². The second kappa shape index (κ2) is 18.5. The summed E-state index contributed by atoms with van der Waals surface area (Å²) in [6, 6.07) is 0. The summed E-state index contributed by atoms with van der Waals surface area (Å²) < 4.78 is 4.60. The summed E-state index contributed by atoms with van der Waals surface area (Å²) in [6.07, 6.45) is 28.2. The van der Waals surface area contributed by atoms with Gasteiger partial charge in [-0.05, 0) is 57.8 Å². The molecule has 0 fully saturated rings. The second-order valence-electron chi connectivity index (χ2n) is 5.52. The number of methoxy groups -OCH3 is 1. The van der Waals surface area contributed by atoms with E-state index in [4.69, 9.17) is 0 Å². The Labute approximate surface area is 143 Å². The number of allylic oxidation sites excluding steroid dienone is 8. The van der Waals surface area contributed by atoms with Gasteiger partial charge in [0, 0.05) is 6.42 Å². The van der Waals surface area contributed by atoms with Crippen LogP contribution in [-0.4, -0.2) is 13.1 Å². The van der Waals surface area contributed by atoms with Gasteiger partial charge in [0.25, 0.3) is 0 Å². The highest BCUT2D eigenvalue weighted by atomic mass is 16.5. The number of unbranched alkanes of at least 4 members (excludes halogenated alkanes) is 4. The zero-order valence-corrected chi connectivity index (χ0v) is 15.0. The van der Waals surface area contributed by atoms with Crippen molar-refractivity contribution in [3.8, 4) is 0 Å². The summed E-state index contributed by atoms with van der Waals surface area (Å²) in [5.41, 5.74) is 0. The molecule has 0 aromatic carbocycles. The first kappa shape index (κ1) is 21.4. The lowest BCUT2D eigenvalue weighted by Crippen LogP contribution is -1.98. The van der Waals surface area contributed by atoms with Crippen molar-refractivity contribution in [1.29, 1.82) is 0 Å². The van der Waals surface area contributed by atoms with E-state index in [0.717, 1.165) is 38.5 Å². The van der Waals surface area contributed by atoms with Crippen molar-refractivity contribution < 1.29 is 9.53 Å². The maximum atomic E-state index is 10.9. The van der Waals surface area contributed by atoms with Crippen LogP contribution in [0.4, 0.5) is 0 Å². The Balaban J connectivity index is 3.33. The summed E-state index contributed by atoms with van der Waals surface area (Å²) in [5.74, 6) is -0.113. The van der Waals surface area contributed by atoms with Crippen LogP contribution in [0.3, 0.4) is 0 Å². The number of esters is 1. The van der Waals surface area contributed by atoms with Crippen LogP contribution in [-0.2, 0) is 9.53 Å². The molecule has 0 rings (SSSR count). The molecule has 0 unspecified atom stereocenters. The quantitative estimate of drug-likeness (QED) is 0.213. The SMILES string of the molecule is CCC=CCC=CCC=CCCCCC=CCCCC(=O)OC. The van der Waals surface area contributed by atoms with E-state index in [9.17, 15) is 4.79 Å². The molecule has 0 amide bonds. The largest absolute Gasteiger partial charge is 0.469 e. The van der Waals surface area contributed by atoms with Gasteiger partial charge in [0.2, 0.25) is 0 Å². The zero-order chi connectivity index (χ0) is 17.0. The monoisotopic (exact) mass is 318 g/mol. The normalized spacial score (nSPS) is 12.3. The molecule has 0 aliphatic heterocycles. The molecule has 0 saturated heterocycles. The summed E-state index contributed by atoms with van der Waals surface area (Å²) in [5, 5.41) is 0. The Morgan fingerprint density at radius 3 is 1.78 bits per heavy atom. The standard InChI is InChI=1S/C21H34O2/c1-3-4-5-6-7-8-9-10-11-12-13-14-15-16-17-18-19-20-21(22)23-2/h4-5,7-8,10-11,16-17H,3,6,9,12-15,18-20H2,1-2H3. The van der Waals surface area contributed by atoms with E-state index in [1.807, 2.05) is 0 Å². The third kappa shape index (κ3) is 18.4. The van der Waals surface area contributed by atoms with Crippen molar-refractivity contribution in [2.45, 2.75) is 71.1 Å². The highest BCUT2D eigenvalue weighted by molar-refractivity contribution is 5.68. The number of carbonyl (C=O) groups excluding carboxylic acids is 1. The smallest absolute Gasteiger partial charge is 0.305 e. The molecule has 130 valence electrons. The number of hydrogen-bond donors (Lipinski definition) is 0. The minimum Gasteiger partial charge on any atom is -0.469 e. The molecule has 0 spiro atoms. The molecule has 2 heteroatoms. The van der Waals surface area contributed by atoms with Crippen molar-refractivity contribution in [2.24, 2.45) is 0 Å². The van der Waals surface area contributed by atoms with Gasteiger partial charge in [-0.2, -0.15) is 0 Å². The lowest BCUT2D eigenvalue weighted by Gasteiger charge is -1.96. The highest BCUT2D eigenvalue weighted by Gasteiger charge is 1.96. The maximum absolute atomic E-state index is 10.9. The van der Waals surface area contributed by atoms with Crippen molar-refractivity contribution in [2.75, 3.05) is 7.11 Å². The molecule has 2 nitrogen and oxygen atoms in total. The van der Waals surface area contributed by atoms with E-state index in [0.29, 0.717) is 6.42 Å². The van der Waals surface area contributed by atoms with E-state index in [2.05, 4.69) is 60.3 Å². The molecule has 0 radical (unpaired) electrons. The second-order valence-corrected chi connectivity index (χ2v) is 5.52. The molecule has 0 aromatic rings. The molecule has 0 aromatic heterocycles. The fraction of sp³-hybridized carbons (Fsp3) is 0.571. The van der Waals surface area contributed by atoms with E-state index in [1.165, 1.54) is 26.4 Å². The number of carbonyl (C=O) groups is 1. The van der Waals surface area contributed by atoms with Crippen molar-refractivity contribution in [3.63, 3.8) is 0 Å². The Bertz CT molecular complexity index is 375. The lowest BCUT2D eigenvalue weighted by molar-refractivity contribution is -0.140. The van der Waals surface area contributed by atoms with Crippen LogP contribution in [0.15, 0.2) is 48.6 Å². The molecule has 23 heavy (non-hydrogen) atoms. The third-order valence-electron chi connectivity index (χ3n) is 3.42. The first-order valence-corrected chi connectivity index (χ1v) is 8.98. The van der Waals surface area contributed by atoms with E-state index >= 15 is 0 Å². The first-order chi connectivity index (χ1) is 11.3. The van der Waals surface area contributed by atoms with Crippen molar-refractivity contribution in [3.05, 3.63) is 48.6 Å². The van der Waals surface area contributed by atoms with Gasteiger partial charge in [-0.1, -0.05) is 55.5 Å². The lowest BCUT2D eigenvalue weighted by atomic mass is 10.1. The van der Waals surface area contributed by atoms with Crippen LogP contribution in [0, 0.1) is 0 Å². The molecular weight excluding hydrogens is 284 g/mol. The van der Waals surface area contributed by atoms with Gasteiger partial charge in [0.05, 0.1) is 7.11 Å². The maximum Gasteiger partial charge on any atom is 0.305 e. The molecule has 0 heterocycles. The minimum atomic E-state index is -0.113. The predicted octanol–water partition coefficient (Wildman–Crippen LogP) is 6.31. The zero-order valence-electron chi connectivity index (χ0n) is 15.0. The minimum absolute atomic E-state index is 0.113. The van der Waals surface area contributed by atoms with Crippen LogP contribution < -0.4 is 0 Å². The number of ether oxygens (including phenoxy) is 1. The summed E-state index contributed by atoms with van der Waals surface area (Å²) in [4.78, 5) is 10.9. The average molecular weight is 319 g/mol. The van der Waals surface area contributed by atoms with E-state index in [1.54, 1.807) is 0 Å². The molecule has 0 atom stereocenters. The van der Waals surface area contributed by atoms with Gasteiger partial charge in [-0.3, -0.25) is 4.79 Å². The van der Waals surface area contributed by atoms with E-state index < -0.39 is 0 Å². The molecule has 0 bridgehead atoms. The fourth-order valence-electron chi connectivity index (χ4n) is 2.05. The Morgan fingerprint density at radius 2 is 1.22 bits per heavy atom. The van der Waals surface area contributed by atoms with Gasteiger partial charge in [-0.15, -0.1) is 0 Å². The predicted molar refractivity (Wildman–Crippen MR) is 100 cm³/mol. The van der Waals surface area contributed by atoms with Crippen LogP contribution in [0.25, 0.3) is 0 Å². The number of hydrogen-bond acceptors (Lipinski definition) is 2. The molecule has 0 aliphatic carbocycles. The van der Waals surface area contributed by atoms with Crippen LogP contribution in [0.2, 0.25) is 0 Å². The molecule has 0 aliphatic rings. The van der Waals surface area contributed by atoms with Gasteiger partial charge in [0.1, 0.15) is 0 Å². The summed E-state index contributed by atoms with van der Waals surface area (Å²) in [7, 11) is 1.44. The average Bonchev–Trinajstić information content (AvgIpc) is 2.57. The number of rotatable bonds is 14. The van der Waals surface area contributed by atoms with Gasteiger partial charge >= 0.3 is 5.97 Å². The summed E-state index contributed by atoms with van der Waals surface area (Å²) in [6.45, 7) is 2.16. The first-order valence-electron chi connectivity index (χ1n) is 8.98. The highest BCUT2D eigenvalue weighted by Crippen LogP contribution is 2.04. The summed E-state index contributed by atoms with van der Waals surface area (Å²) >= 11 is 0. The van der Waals surface area contributed by atoms with Crippen LogP contribution >= 0.6 is 0 Å². The Hall–Kier alpha value is -1.57. The van der Waals surface area contributed by atoms with Crippen molar-refractivity contribution in [1.82, 2.24) is 0 Å². The van der Waals surface area contributed by atoms with Gasteiger partial charge in [0.15, 0.2) is 0 Å².